The number of piperidine rings is 1. The number of nitrogens with one attached hydrogen (secondary N) is 1. The van der Waals surface area contributed by atoms with Gasteiger partial charge in [-0.25, -0.2) is 0 Å². The van der Waals surface area contributed by atoms with E-state index in [1.54, 1.807) is 0 Å². The van der Waals surface area contributed by atoms with E-state index in [0.717, 1.165) is 25.9 Å². The van der Waals surface area contributed by atoms with E-state index in [0.29, 0.717) is 13.0 Å². The molecule has 1 fully saturated rings. The first-order valence-corrected chi connectivity index (χ1v) is 6.90. The Balaban J connectivity index is 2.29. The van der Waals surface area contributed by atoms with Crippen molar-refractivity contribution in [3.8, 4) is 0 Å². The van der Waals surface area contributed by atoms with Gasteiger partial charge in [0.05, 0.1) is 25.7 Å². The number of amides is 2. The highest BCUT2D eigenvalue weighted by atomic mass is 16.5. The molecule has 0 aromatic heterocycles. The lowest BCUT2D eigenvalue weighted by molar-refractivity contribution is -0.138. The minimum atomic E-state index is -0.485. The molecule has 6 heteroatoms. The van der Waals surface area contributed by atoms with E-state index in [1.807, 2.05) is 13.8 Å². The van der Waals surface area contributed by atoms with Crippen molar-refractivity contribution in [1.82, 2.24) is 10.2 Å². The molecule has 110 valence electrons. The largest absolute Gasteiger partial charge is 0.378 e. The SMILES string of the molecule is CC(C)N(CC(N)=O)C(=O)CCOC1CCNCC1. The van der Waals surface area contributed by atoms with E-state index >= 15 is 0 Å². The summed E-state index contributed by atoms with van der Waals surface area (Å²) in [5.74, 6) is -0.566. The van der Waals surface area contributed by atoms with Crippen LogP contribution in [-0.2, 0) is 14.3 Å². The molecule has 0 aliphatic carbocycles. The molecule has 0 saturated carbocycles. The Morgan fingerprint density at radius 2 is 2.00 bits per heavy atom. The zero-order chi connectivity index (χ0) is 14.3. The summed E-state index contributed by atoms with van der Waals surface area (Å²) < 4.78 is 5.68. The summed E-state index contributed by atoms with van der Waals surface area (Å²) in [6, 6.07) is -0.0288. The van der Waals surface area contributed by atoms with Crippen LogP contribution in [0.5, 0.6) is 0 Å². The van der Waals surface area contributed by atoms with Gasteiger partial charge in [-0.2, -0.15) is 0 Å². The second-order valence-electron chi connectivity index (χ2n) is 5.15. The Kier molecular flexibility index (Phi) is 6.80. The zero-order valence-electron chi connectivity index (χ0n) is 11.9. The fourth-order valence-electron chi connectivity index (χ4n) is 2.15. The fraction of sp³-hybridized carbons (Fsp3) is 0.846. The van der Waals surface area contributed by atoms with Gasteiger partial charge in [-0.3, -0.25) is 9.59 Å². The molecule has 0 spiro atoms. The minimum Gasteiger partial charge on any atom is -0.378 e. The predicted octanol–water partition coefficient (Wildman–Crippen LogP) is -0.133. The molecule has 1 aliphatic heterocycles. The summed E-state index contributed by atoms with van der Waals surface area (Å²) in [5, 5.41) is 3.26. The van der Waals surface area contributed by atoms with Gasteiger partial charge in [-0.1, -0.05) is 0 Å². The van der Waals surface area contributed by atoms with E-state index in [9.17, 15) is 9.59 Å². The summed E-state index contributed by atoms with van der Waals surface area (Å²) in [5.41, 5.74) is 5.14. The summed E-state index contributed by atoms with van der Waals surface area (Å²) >= 11 is 0. The molecule has 0 atom stereocenters. The first-order chi connectivity index (χ1) is 9.00. The Labute approximate surface area is 114 Å². The number of nitrogens with zero attached hydrogens (tertiary/aromatic N) is 1. The van der Waals surface area contributed by atoms with Gasteiger partial charge in [0, 0.05) is 6.04 Å². The van der Waals surface area contributed by atoms with Crippen molar-refractivity contribution in [2.45, 2.75) is 45.3 Å². The number of hydrogen-bond donors (Lipinski definition) is 2. The summed E-state index contributed by atoms with van der Waals surface area (Å²) in [4.78, 5) is 24.4. The maximum Gasteiger partial charge on any atom is 0.237 e. The monoisotopic (exact) mass is 271 g/mol. The highest BCUT2D eigenvalue weighted by molar-refractivity contribution is 5.84. The molecule has 1 aliphatic rings. The van der Waals surface area contributed by atoms with Crippen LogP contribution in [0.2, 0.25) is 0 Å². The van der Waals surface area contributed by atoms with Crippen molar-refractivity contribution in [2.24, 2.45) is 5.73 Å². The van der Waals surface area contributed by atoms with Crippen molar-refractivity contribution >= 4 is 11.8 Å². The van der Waals surface area contributed by atoms with Gasteiger partial charge in [-0.05, 0) is 39.8 Å². The van der Waals surface area contributed by atoms with Crippen molar-refractivity contribution in [1.29, 1.82) is 0 Å². The maximum atomic E-state index is 12.0. The Bertz CT molecular complexity index is 302. The average molecular weight is 271 g/mol. The van der Waals surface area contributed by atoms with E-state index in [-0.39, 0.29) is 24.6 Å². The molecular weight excluding hydrogens is 246 g/mol. The smallest absolute Gasteiger partial charge is 0.237 e. The Morgan fingerprint density at radius 1 is 1.37 bits per heavy atom. The molecule has 1 heterocycles. The van der Waals surface area contributed by atoms with E-state index in [2.05, 4.69) is 5.32 Å². The van der Waals surface area contributed by atoms with E-state index in [1.165, 1.54) is 4.90 Å². The zero-order valence-corrected chi connectivity index (χ0v) is 11.9. The van der Waals surface area contributed by atoms with Gasteiger partial charge < -0.3 is 20.7 Å². The van der Waals surface area contributed by atoms with Crippen molar-refractivity contribution in [3.63, 3.8) is 0 Å². The molecule has 3 N–H and O–H groups in total. The fourth-order valence-corrected chi connectivity index (χ4v) is 2.15. The lowest BCUT2D eigenvalue weighted by Gasteiger charge is -2.26. The summed E-state index contributed by atoms with van der Waals surface area (Å²) in [6.45, 7) is 6.06. The maximum absolute atomic E-state index is 12.0. The normalized spacial score (nSPS) is 16.6. The molecule has 1 saturated heterocycles. The highest BCUT2D eigenvalue weighted by Crippen LogP contribution is 2.08. The molecular formula is C13H25N3O3. The van der Waals surface area contributed by atoms with Crippen LogP contribution in [0.4, 0.5) is 0 Å². The summed E-state index contributed by atoms with van der Waals surface area (Å²) in [7, 11) is 0. The lowest BCUT2D eigenvalue weighted by atomic mass is 10.1. The van der Waals surface area contributed by atoms with E-state index < -0.39 is 5.91 Å². The van der Waals surface area contributed by atoms with Gasteiger partial charge in [0.1, 0.15) is 0 Å². The third-order valence-corrected chi connectivity index (χ3v) is 3.23. The predicted molar refractivity (Wildman–Crippen MR) is 72.5 cm³/mol. The molecule has 19 heavy (non-hydrogen) atoms. The Hall–Kier alpha value is -1.14. The minimum absolute atomic E-state index is 0.0240. The molecule has 0 bridgehead atoms. The first kappa shape index (κ1) is 15.9. The second kappa shape index (κ2) is 8.12. The van der Waals surface area contributed by atoms with Crippen LogP contribution in [0.3, 0.4) is 0 Å². The molecule has 0 unspecified atom stereocenters. The van der Waals surface area contributed by atoms with Gasteiger partial charge in [0.25, 0.3) is 0 Å². The second-order valence-corrected chi connectivity index (χ2v) is 5.15. The lowest BCUT2D eigenvalue weighted by Crippen LogP contribution is -2.43. The van der Waals surface area contributed by atoms with Gasteiger partial charge in [-0.15, -0.1) is 0 Å². The molecule has 0 radical (unpaired) electrons. The van der Waals surface area contributed by atoms with Crippen molar-refractivity contribution in [3.05, 3.63) is 0 Å². The van der Waals surface area contributed by atoms with Crippen LogP contribution in [-0.4, -0.2) is 55.1 Å². The molecule has 2 amide bonds. The number of rotatable bonds is 7. The van der Waals surface area contributed by atoms with Crippen LogP contribution in [0.1, 0.15) is 33.1 Å². The number of carbonyl (C=O) groups is 2. The third-order valence-electron chi connectivity index (χ3n) is 3.23. The Morgan fingerprint density at radius 3 is 2.53 bits per heavy atom. The third kappa shape index (κ3) is 6.02. The number of nitrogens with two attached hydrogens (primary N) is 1. The highest BCUT2D eigenvalue weighted by Gasteiger charge is 2.19. The quantitative estimate of drug-likeness (QED) is 0.675. The topological polar surface area (TPSA) is 84.7 Å². The first-order valence-electron chi connectivity index (χ1n) is 6.90. The van der Waals surface area contributed by atoms with Crippen LogP contribution in [0.15, 0.2) is 0 Å². The number of carbonyl (C=O) groups excluding carboxylic acids is 2. The van der Waals surface area contributed by atoms with Crippen molar-refractivity contribution in [2.75, 3.05) is 26.2 Å². The molecule has 1 rings (SSSR count). The summed E-state index contributed by atoms with van der Waals surface area (Å²) in [6.07, 6.45) is 2.53. The standard InChI is InChI=1S/C13H25N3O3/c1-10(2)16(9-12(14)17)13(18)5-8-19-11-3-6-15-7-4-11/h10-11,15H,3-9H2,1-2H3,(H2,14,17). The number of hydrogen-bond acceptors (Lipinski definition) is 4. The van der Waals surface area contributed by atoms with Gasteiger partial charge in [0.15, 0.2) is 0 Å². The van der Waals surface area contributed by atoms with Crippen LogP contribution in [0, 0.1) is 0 Å². The van der Waals surface area contributed by atoms with Crippen molar-refractivity contribution < 1.29 is 14.3 Å². The van der Waals surface area contributed by atoms with E-state index in [4.69, 9.17) is 10.5 Å². The van der Waals surface area contributed by atoms with Gasteiger partial charge in [0.2, 0.25) is 11.8 Å². The number of primary amides is 1. The molecule has 0 aromatic carbocycles. The molecule has 6 nitrogen and oxygen atoms in total. The van der Waals surface area contributed by atoms with Crippen LogP contribution < -0.4 is 11.1 Å². The van der Waals surface area contributed by atoms with Crippen LogP contribution >= 0.6 is 0 Å². The van der Waals surface area contributed by atoms with Gasteiger partial charge >= 0.3 is 0 Å². The van der Waals surface area contributed by atoms with Crippen LogP contribution in [0.25, 0.3) is 0 Å². The molecule has 0 aromatic rings. The number of ether oxygens (including phenoxy) is 1. The average Bonchev–Trinajstić information content (AvgIpc) is 2.36.